The van der Waals surface area contributed by atoms with Crippen LogP contribution in [0.25, 0.3) is 0 Å². The molecule has 0 aliphatic rings. The zero-order valence-corrected chi connectivity index (χ0v) is 64.5. The van der Waals surface area contributed by atoms with Crippen LogP contribution in [0.1, 0.15) is 401 Å². The van der Waals surface area contributed by atoms with Crippen molar-refractivity contribution in [2.45, 2.75) is 419 Å². The van der Waals surface area contributed by atoms with Crippen molar-refractivity contribution >= 4 is 39.5 Å². The highest BCUT2D eigenvalue weighted by Gasteiger charge is 2.30. The van der Waals surface area contributed by atoms with E-state index in [0.717, 1.165) is 102 Å². The van der Waals surface area contributed by atoms with Crippen molar-refractivity contribution in [1.82, 2.24) is 0 Å². The van der Waals surface area contributed by atoms with E-state index in [1.165, 1.54) is 212 Å². The van der Waals surface area contributed by atoms with Gasteiger partial charge < -0.3 is 33.8 Å². The Morgan fingerprint density at radius 3 is 0.708 bits per heavy atom. The van der Waals surface area contributed by atoms with Gasteiger partial charge in [-0.25, -0.2) is 9.13 Å². The smallest absolute Gasteiger partial charge is 0.462 e. The summed E-state index contributed by atoms with van der Waals surface area (Å²) in [4.78, 5) is 72.8. The number of ether oxygens (including phenoxy) is 4. The third-order valence-corrected chi connectivity index (χ3v) is 19.9. The van der Waals surface area contributed by atoms with E-state index in [2.05, 4.69) is 41.5 Å². The summed E-state index contributed by atoms with van der Waals surface area (Å²) >= 11 is 0. The third-order valence-electron chi connectivity index (χ3n) is 18.0. The van der Waals surface area contributed by atoms with E-state index in [4.69, 9.17) is 37.0 Å². The maximum atomic E-state index is 13.1. The van der Waals surface area contributed by atoms with E-state index in [9.17, 15) is 43.2 Å². The van der Waals surface area contributed by atoms with E-state index in [1.807, 2.05) is 0 Å². The number of aliphatic hydroxyl groups is 1. The van der Waals surface area contributed by atoms with Crippen molar-refractivity contribution in [1.29, 1.82) is 0 Å². The number of phosphoric acid groups is 2. The molecule has 2 unspecified atom stereocenters. The Morgan fingerprint density at radius 2 is 0.479 bits per heavy atom. The Kier molecular flexibility index (Phi) is 67.4. The third kappa shape index (κ3) is 70.5. The maximum absolute atomic E-state index is 13.1. The zero-order valence-electron chi connectivity index (χ0n) is 62.7. The lowest BCUT2D eigenvalue weighted by atomic mass is 10.0. The van der Waals surface area contributed by atoms with Crippen LogP contribution in [0.4, 0.5) is 0 Å². The summed E-state index contributed by atoms with van der Waals surface area (Å²) in [6.45, 7) is 9.51. The fourth-order valence-corrected chi connectivity index (χ4v) is 13.4. The number of carbonyl (C=O) groups is 4. The summed E-state index contributed by atoms with van der Waals surface area (Å²) in [5, 5.41) is 10.6. The standard InChI is InChI=1S/C77H150O17P2/c1-7-9-11-13-15-17-19-21-23-25-26-28-30-32-37-41-49-55-61-76(81)93-72(65-87-74(79)59-53-47-40-36-31-29-27-24-22-20-18-16-14-12-10-8-2)67-91-95(83,84)89-63-71(78)64-90-96(85,86)92-68-73(66-88-75(80)60-54-48-44-43-46-52-58-70(5)6)94-77(82)62-56-50-42-38-34-33-35-39-45-51-57-69(3)4/h69-73,78H,7-68H2,1-6H3,(H,83,84)(H,85,86)/t71-,72-,73-/m1/s1. The highest BCUT2D eigenvalue weighted by Crippen LogP contribution is 2.45. The van der Waals surface area contributed by atoms with Crippen LogP contribution < -0.4 is 0 Å². The lowest BCUT2D eigenvalue weighted by molar-refractivity contribution is -0.161. The zero-order chi connectivity index (χ0) is 70.7. The van der Waals surface area contributed by atoms with E-state index in [1.54, 1.807) is 0 Å². The van der Waals surface area contributed by atoms with Crippen molar-refractivity contribution in [2.75, 3.05) is 39.6 Å². The molecule has 0 aliphatic carbocycles. The maximum Gasteiger partial charge on any atom is 0.472 e. The van der Waals surface area contributed by atoms with E-state index in [-0.39, 0.29) is 25.7 Å². The van der Waals surface area contributed by atoms with Crippen LogP contribution in [0.15, 0.2) is 0 Å². The second-order valence-corrected chi connectivity index (χ2v) is 31.6. The molecule has 0 radical (unpaired) electrons. The molecule has 0 aliphatic heterocycles. The number of hydrogen-bond acceptors (Lipinski definition) is 15. The molecular weight excluding hydrogens is 1260 g/mol. The molecule has 3 N–H and O–H groups in total. The number of carbonyl (C=O) groups excluding carboxylic acids is 4. The van der Waals surface area contributed by atoms with Crippen molar-refractivity contribution in [3.63, 3.8) is 0 Å². The molecular formula is C77H150O17P2. The molecule has 0 aromatic heterocycles. The van der Waals surface area contributed by atoms with Crippen LogP contribution in [0.3, 0.4) is 0 Å². The molecule has 0 fully saturated rings. The highest BCUT2D eigenvalue weighted by molar-refractivity contribution is 7.47. The topological polar surface area (TPSA) is 237 Å². The first kappa shape index (κ1) is 94.1. The van der Waals surface area contributed by atoms with E-state index in [0.29, 0.717) is 31.6 Å². The van der Waals surface area contributed by atoms with Crippen LogP contribution in [0.2, 0.25) is 0 Å². The molecule has 17 nitrogen and oxygen atoms in total. The molecule has 0 bridgehead atoms. The average Bonchev–Trinajstić information content (AvgIpc) is 1.35. The Hall–Kier alpha value is -1.94. The van der Waals surface area contributed by atoms with Gasteiger partial charge in [0.2, 0.25) is 0 Å². The van der Waals surface area contributed by atoms with Crippen LogP contribution in [-0.4, -0.2) is 96.7 Å². The number of rotatable bonds is 76. The fourth-order valence-electron chi connectivity index (χ4n) is 11.8. The van der Waals surface area contributed by atoms with Gasteiger partial charge in [0.05, 0.1) is 26.4 Å². The number of esters is 4. The monoisotopic (exact) mass is 1410 g/mol. The molecule has 0 heterocycles. The number of hydrogen-bond donors (Lipinski definition) is 3. The summed E-state index contributed by atoms with van der Waals surface area (Å²) in [7, 11) is -9.91. The van der Waals surface area contributed by atoms with Gasteiger partial charge in [0.25, 0.3) is 0 Å². The summed E-state index contributed by atoms with van der Waals surface area (Å²) < 4.78 is 68.5. The van der Waals surface area contributed by atoms with Gasteiger partial charge in [-0.15, -0.1) is 0 Å². The van der Waals surface area contributed by atoms with E-state index < -0.39 is 97.5 Å². The molecule has 0 spiro atoms. The SMILES string of the molecule is CCCCCCCCCCCCCCCCCCCCC(=O)O[C@H](COC(=O)CCCCCCCCCCCCCCCCCC)COP(=O)(O)OC[C@@H](O)COP(=O)(O)OC[C@@H](COC(=O)CCCCCCCCC(C)C)OC(=O)CCCCCCCCCCCCC(C)C. The molecule has 0 saturated heterocycles. The lowest BCUT2D eigenvalue weighted by Crippen LogP contribution is -2.30. The van der Waals surface area contributed by atoms with Crippen LogP contribution >= 0.6 is 15.6 Å². The first-order valence-electron chi connectivity index (χ1n) is 40.0. The molecule has 5 atom stereocenters. The van der Waals surface area contributed by atoms with Crippen molar-refractivity contribution < 1.29 is 80.2 Å². The van der Waals surface area contributed by atoms with Gasteiger partial charge in [-0.05, 0) is 37.5 Å². The molecule has 0 aromatic rings. The first-order chi connectivity index (χ1) is 46.4. The molecule has 0 saturated carbocycles. The first-order valence-corrected chi connectivity index (χ1v) is 43.0. The Bertz CT molecular complexity index is 1860. The summed E-state index contributed by atoms with van der Waals surface area (Å²) in [6.07, 6.45) is 57.1. The second kappa shape index (κ2) is 68.8. The normalized spacial score (nSPS) is 14.0. The predicted molar refractivity (Wildman–Crippen MR) is 391 cm³/mol. The molecule has 96 heavy (non-hydrogen) atoms. The quantitative estimate of drug-likeness (QED) is 0.0222. The van der Waals surface area contributed by atoms with E-state index >= 15 is 0 Å². The van der Waals surface area contributed by atoms with Crippen LogP contribution in [0.5, 0.6) is 0 Å². The van der Waals surface area contributed by atoms with Crippen LogP contribution in [0, 0.1) is 11.8 Å². The van der Waals surface area contributed by atoms with Crippen LogP contribution in [-0.2, 0) is 65.4 Å². The summed E-state index contributed by atoms with van der Waals surface area (Å²) in [5.74, 6) is -0.684. The minimum Gasteiger partial charge on any atom is -0.462 e. The minimum absolute atomic E-state index is 0.105. The van der Waals surface area contributed by atoms with Gasteiger partial charge in [-0.3, -0.25) is 37.3 Å². The second-order valence-electron chi connectivity index (χ2n) is 28.7. The average molecular weight is 1410 g/mol. The Balaban J connectivity index is 5.23. The lowest BCUT2D eigenvalue weighted by Gasteiger charge is -2.21. The Labute approximate surface area is 588 Å². The largest absolute Gasteiger partial charge is 0.472 e. The summed E-state index contributed by atoms with van der Waals surface area (Å²) in [5.41, 5.74) is 0. The van der Waals surface area contributed by atoms with Gasteiger partial charge in [0, 0.05) is 25.7 Å². The molecule has 570 valence electrons. The predicted octanol–water partition coefficient (Wildman–Crippen LogP) is 22.7. The number of phosphoric ester groups is 2. The van der Waals surface area contributed by atoms with Crippen molar-refractivity contribution in [2.24, 2.45) is 11.8 Å². The minimum atomic E-state index is -4.96. The molecule has 0 aromatic carbocycles. The molecule has 0 amide bonds. The number of unbranched alkanes of at least 4 members (excludes halogenated alkanes) is 46. The Morgan fingerprint density at radius 1 is 0.281 bits per heavy atom. The van der Waals surface area contributed by atoms with Crippen molar-refractivity contribution in [3.8, 4) is 0 Å². The van der Waals surface area contributed by atoms with Gasteiger partial charge in [0.1, 0.15) is 19.3 Å². The van der Waals surface area contributed by atoms with Gasteiger partial charge in [-0.2, -0.15) is 0 Å². The van der Waals surface area contributed by atoms with Gasteiger partial charge in [-0.1, -0.05) is 350 Å². The van der Waals surface area contributed by atoms with Gasteiger partial charge >= 0.3 is 39.5 Å². The number of aliphatic hydroxyl groups excluding tert-OH is 1. The summed E-state index contributed by atoms with van der Waals surface area (Å²) in [6, 6.07) is 0. The molecule has 0 rings (SSSR count). The van der Waals surface area contributed by atoms with Gasteiger partial charge in [0.15, 0.2) is 12.2 Å². The fraction of sp³-hybridized carbons (Fsp3) is 0.948. The molecule has 19 heteroatoms. The highest BCUT2D eigenvalue weighted by atomic mass is 31.2. The van der Waals surface area contributed by atoms with Crippen molar-refractivity contribution in [3.05, 3.63) is 0 Å².